The zero-order chi connectivity index (χ0) is 12.0. The first kappa shape index (κ1) is 12.6. The van der Waals surface area contributed by atoms with Crippen LogP contribution in [-0.4, -0.2) is 54.1 Å². The molecule has 6 heteroatoms. The van der Waals surface area contributed by atoms with Gasteiger partial charge in [-0.15, -0.1) is 0 Å². The normalized spacial score (nSPS) is 10.4. The Morgan fingerprint density at radius 2 is 2.38 bits per heavy atom. The summed E-state index contributed by atoms with van der Waals surface area (Å²) in [6, 6.07) is 0. The summed E-state index contributed by atoms with van der Waals surface area (Å²) in [5.41, 5.74) is 0.537. The summed E-state index contributed by atoms with van der Waals surface area (Å²) in [5.74, 6) is -0.114. The third-order valence-corrected chi connectivity index (χ3v) is 2.09. The Bertz CT molecular complexity index is 341. The Hall–Kier alpha value is -1.43. The first-order chi connectivity index (χ1) is 7.65. The van der Waals surface area contributed by atoms with Crippen LogP contribution in [0.3, 0.4) is 0 Å². The summed E-state index contributed by atoms with van der Waals surface area (Å²) >= 11 is 0. The van der Waals surface area contributed by atoms with Gasteiger partial charge in [-0.3, -0.25) is 9.48 Å². The molecular formula is C10H16FN3O2. The van der Waals surface area contributed by atoms with E-state index < -0.39 is 6.67 Å². The van der Waals surface area contributed by atoms with E-state index in [0.717, 1.165) is 0 Å². The summed E-state index contributed by atoms with van der Waals surface area (Å²) in [7, 11) is 3.43. The number of ether oxygens (including phenoxy) is 1. The summed E-state index contributed by atoms with van der Waals surface area (Å²) in [4.78, 5) is 13.3. The molecule has 1 heterocycles. The van der Waals surface area contributed by atoms with Crippen LogP contribution in [0.5, 0.6) is 0 Å². The number of rotatable bonds is 6. The van der Waals surface area contributed by atoms with Gasteiger partial charge in [0, 0.05) is 26.8 Å². The molecule has 0 aliphatic heterocycles. The van der Waals surface area contributed by atoms with Crippen LogP contribution in [0.1, 0.15) is 10.4 Å². The van der Waals surface area contributed by atoms with Crippen molar-refractivity contribution in [3.8, 4) is 0 Å². The van der Waals surface area contributed by atoms with Crippen molar-refractivity contribution < 1.29 is 13.9 Å². The Morgan fingerprint density at radius 3 is 2.94 bits per heavy atom. The molecule has 16 heavy (non-hydrogen) atoms. The topological polar surface area (TPSA) is 47.4 Å². The van der Waals surface area contributed by atoms with Crippen LogP contribution in [0.15, 0.2) is 12.4 Å². The second kappa shape index (κ2) is 6.22. The maximum atomic E-state index is 11.8. The van der Waals surface area contributed by atoms with E-state index in [1.54, 1.807) is 25.0 Å². The van der Waals surface area contributed by atoms with Crippen molar-refractivity contribution in [3.63, 3.8) is 0 Å². The molecule has 0 saturated carbocycles. The molecule has 0 fully saturated rings. The fourth-order valence-electron chi connectivity index (χ4n) is 1.21. The van der Waals surface area contributed by atoms with Gasteiger partial charge in [0.05, 0.1) is 25.0 Å². The number of amides is 1. The minimum Gasteiger partial charge on any atom is -0.377 e. The largest absolute Gasteiger partial charge is 0.377 e. The van der Waals surface area contributed by atoms with Crippen molar-refractivity contribution in [1.82, 2.24) is 14.7 Å². The van der Waals surface area contributed by atoms with Crippen LogP contribution in [0, 0.1) is 0 Å². The lowest BCUT2D eigenvalue weighted by Crippen LogP contribution is -2.30. The molecule has 0 unspecified atom stereocenters. The smallest absolute Gasteiger partial charge is 0.256 e. The van der Waals surface area contributed by atoms with Gasteiger partial charge < -0.3 is 9.64 Å². The molecule has 90 valence electrons. The molecule has 1 amide bonds. The summed E-state index contributed by atoms with van der Waals surface area (Å²) < 4.78 is 18.3. The van der Waals surface area contributed by atoms with Gasteiger partial charge >= 0.3 is 0 Å². The molecule has 1 aromatic heterocycles. The minimum absolute atomic E-state index is 0.0783. The Balaban J connectivity index is 2.36. The van der Waals surface area contributed by atoms with Crippen molar-refractivity contribution in [3.05, 3.63) is 18.0 Å². The van der Waals surface area contributed by atoms with Gasteiger partial charge in [-0.25, -0.2) is 4.39 Å². The number of aromatic nitrogens is 2. The lowest BCUT2D eigenvalue weighted by Gasteiger charge is -2.15. The van der Waals surface area contributed by atoms with E-state index in [-0.39, 0.29) is 12.5 Å². The van der Waals surface area contributed by atoms with Crippen LogP contribution in [-0.2, 0) is 11.8 Å². The van der Waals surface area contributed by atoms with Crippen molar-refractivity contribution in [1.29, 1.82) is 0 Å². The van der Waals surface area contributed by atoms with Gasteiger partial charge in [-0.1, -0.05) is 0 Å². The van der Waals surface area contributed by atoms with Crippen molar-refractivity contribution in [2.45, 2.75) is 0 Å². The van der Waals surface area contributed by atoms with E-state index in [4.69, 9.17) is 4.74 Å². The molecule has 0 aromatic carbocycles. The Morgan fingerprint density at radius 1 is 1.62 bits per heavy atom. The number of carbonyl (C=O) groups excluding carboxylic acids is 1. The maximum absolute atomic E-state index is 11.8. The predicted octanol–water partition coefficient (Wildman–Crippen LogP) is 0.478. The standard InChI is InChI=1S/C10H16FN3O2/c1-13(4-6-16-5-3-11)10(15)9-7-12-14(2)8-9/h7-8H,3-6H2,1-2H3. The van der Waals surface area contributed by atoms with Gasteiger partial charge in [0.15, 0.2) is 0 Å². The van der Waals surface area contributed by atoms with Gasteiger partial charge in [-0.05, 0) is 0 Å². The second-order valence-corrected chi connectivity index (χ2v) is 3.43. The van der Waals surface area contributed by atoms with Gasteiger partial charge in [-0.2, -0.15) is 5.10 Å². The first-order valence-electron chi connectivity index (χ1n) is 5.03. The zero-order valence-electron chi connectivity index (χ0n) is 9.52. The average Bonchev–Trinajstić information content (AvgIpc) is 2.70. The summed E-state index contributed by atoms with van der Waals surface area (Å²) in [5, 5.41) is 3.92. The number of carbonyl (C=O) groups is 1. The van der Waals surface area contributed by atoms with Gasteiger partial charge in [0.1, 0.15) is 6.67 Å². The SMILES string of the molecule is CN(CCOCCF)C(=O)c1cnn(C)c1. The highest BCUT2D eigenvalue weighted by molar-refractivity contribution is 5.93. The molecule has 1 rings (SSSR count). The zero-order valence-corrected chi connectivity index (χ0v) is 9.52. The molecule has 5 nitrogen and oxygen atoms in total. The average molecular weight is 229 g/mol. The van der Waals surface area contributed by atoms with Crippen LogP contribution in [0.25, 0.3) is 0 Å². The van der Waals surface area contributed by atoms with Gasteiger partial charge in [0.25, 0.3) is 5.91 Å². The lowest BCUT2D eigenvalue weighted by atomic mass is 10.3. The second-order valence-electron chi connectivity index (χ2n) is 3.43. The van der Waals surface area contributed by atoms with Crippen LogP contribution >= 0.6 is 0 Å². The fourth-order valence-corrected chi connectivity index (χ4v) is 1.21. The van der Waals surface area contributed by atoms with Crippen molar-refractivity contribution >= 4 is 5.91 Å². The quantitative estimate of drug-likeness (QED) is 0.666. The number of hydrogen-bond acceptors (Lipinski definition) is 3. The van der Waals surface area contributed by atoms with Crippen molar-refractivity contribution in [2.24, 2.45) is 7.05 Å². The highest BCUT2D eigenvalue weighted by Crippen LogP contribution is 2.01. The molecule has 0 bridgehead atoms. The molecule has 0 aliphatic carbocycles. The monoisotopic (exact) mass is 229 g/mol. The van der Waals surface area contributed by atoms with E-state index in [0.29, 0.717) is 18.7 Å². The highest BCUT2D eigenvalue weighted by atomic mass is 19.1. The number of hydrogen-bond donors (Lipinski definition) is 0. The molecular weight excluding hydrogens is 213 g/mol. The third kappa shape index (κ3) is 3.62. The van der Waals surface area contributed by atoms with Crippen molar-refractivity contribution in [2.75, 3.05) is 33.5 Å². The van der Waals surface area contributed by atoms with E-state index in [1.165, 1.54) is 11.1 Å². The number of halogens is 1. The Labute approximate surface area is 93.8 Å². The summed E-state index contributed by atoms with van der Waals surface area (Å²) in [6.07, 6.45) is 3.17. The number of nitrogens with zero attached hydrogens (tertiary/aromatic N) is 3. The number of aryl methyl sites for hydroxylation is 1. The maximum Gasteiger partial charge on any atom is 0.256 e. The minimum atomic E-state index is -0.500. The highest BCUT2D eigenvalue weighted by Gasteiger charge is 2.12. The van der Waals surface area contributed by atoms with Gasteiger partial charge in [0.2, 0.25) is 0 Å². The van der Waals surface area contributed by atoms with Crippen LogP contribution in [0.2, 0.25) is 0 Å². The molecule has 1 aromatic rings. The predicted molar refractivity (Wildman–Crippen MR) is 57.0 cm³/mol. The molecule has 0 aliphatic rings. The van der Waals surface area contributed by atoms with E-state index >= 15 is 0 Å². The molecule has 0 atom stereocenters. The summed E-state index contributed by atoms with van der Waals surface area (Å²) in [6.45, 7) is 0.356. The Kier molecular flexibility index (Phi) is 4.91. The lowest BCUT2D eigenvalue weighted by molar-refractivity contribution is 0.0676. The first-order valence-corrected chi connectivity index (χ1v) is 5.03. The van der Waals surface area contributed by atoms with E-state index in [1.807, 2.05) is 0 Å². The molecule has 0 spiro atoms. The van der Waals surface area contributed by atoms with E-state index in [2.05, 4.69) is 5.10 Å². The number of alkyl halides is 1. The number of likely N-dealkylation sites (N-methyl/N-ethyl adjacent to an activating group) is 1. The van der Waals surface area contributed by atoms with E-state index in [9.17, 15) is 9.18 Å². The fraction of sp³-hybridized carbons (Fsp3) is 0.600. The van der Waals surface area contributed by atoms with Crippen LogP contribution < -0.4 is 0 Å². The molecule has 0 N–H and O–H groups in total. The molecule has 0 saturated heterocycles. The molecule has 0 radical (unpaired) electrons. The van der Waals surface area contributed by atoms with Crippen LogP contribution in [0.4, 0.5) is 4.39 Å². The third-order valence-electron chi connectivity index (χ3n) is 2.09.